The molecule has 7 heteroatoms. The Bertz CT molecular complexity index is 855. The topological polar surface area (TPSA) is 79.8 Å². The molecule has 2 heterocycles. The van der Waals surface area contributed by atoms with E-state index in [1.807, 2.05) is 36.4 Å². The third kappa shape index (κ3) is 5.26. The molecular formula is C19H18ClN5O. The van der Waals surface area contributed by atoms with Gasteiger partial charge in [0, 0.05) is 36.7 Å². The van der Waals surface area contributed by atoms with Crippen molar-refractivity contribution in [2.75, 3.05) is 11.9 Å². The first kappa shape index (κ1) is 17.8. The number of rotatable bonds is 7. The van der Waals surface area contributed by atoms with Crippen LogP contribution in [0.4, 0.5) is 5.95 Å². The van der Waals surface area contributed by atoms with Crippen molar-refractivity contribution in [3.05, 3.63) is 82.9 Å². The number of hydrogen-bond acceptors (Lipinski definition) is 5. The molecule has 132 valence electrons. The quantitative estimate of drug-likeness (QED) is 0.670. The zero-order chi connectivity index (χ0) is 18.2. The molecule has 2 N–H and O–H groups in total. The third-order valence-corrected chi connectivity index (χ3v) is 3.95. The summed E-state index contributed by atoms with van der Waals surface area (Å²) in [6.07, 6.45) is 5.74. The molecule has 0 aliphatic rings. The molecule has 0 spiro atoms. The Hall–Kier alpha value is -2.99. The van der Waals surface area contributed by atoms with Crippen LogP contribution in [0.5, 0.6) is 0 Å². The molecule has 2 aromatic heterocycles. The molecule has 0 unspecified atom stereocenters. The van der Waals surface area contributed by atoms with Crippen LogP contribution < -0.4 is 10.6 Å². The van der Waals surface area contributed by atoms with E-state index in [1.54, 1.807) is 24.7 Å². The molecule has 0 atom stereocenters. The number of carbonyl (C=O) groups excluding carboxylic acids is 1. The van der Waals surface area contributed by atoms with E-state index in [-0.39, 0.29) is 5.91 Å². The lowest BCUT2D eigenvalue weighted by Crippen LogP contribution is -2.26. The number of halogens is 1. The molecule has 0 fully saturated rings. The van der Waals surface area contributed by atoms with Gasteiger partial charge in [-0.2, -0.15) is 0 Å². The van der Waals surface area contributed by atoms with Crippen molar-refractivity contribution in [1.82, 2.24) is 20.3 Å². The van der Waals surface area contributed by atoms with Gasteiger partial charge in [0.1, 0.15) is 5.69 Å². The molecule has 0 saturated carbocycles. The maximum absolute atomic E-state index is 12.3. The van der Waals surface area contributed by atoms with E-state index < -0.39 is 0 Å². The van der Waals surface area contributed by atoms with Crippen molar-refractivity contribution >= 4 is 23.5 Å². The van der Waals surface area contributed by atoms with Gasteiger partial charge in [-0.05, 0) is 47.9 Å². The van der Waals surface area contributed by atoms with Crippen molar-refractivity contribution in [3.8, 4) is 0 Å². The second-order valence-electron chi connectivity index (χ2n) is 5.61. The van der Waals surface area contributed by atoms with E-state index in [2.05, 4.69) is 25.6 Å². The van der Waals surface area contributed by atoms with Crippen LogP contribution in [-0.2, 0) is 13.0 Å². The minimum atomic E-state index is -0.228. The fraction of sp³-hybridized carbons (Fsp3) is 0.158. The van der Waals surface area contributed by atoms with Gasteiger partial charge in [0.2, 0.25) is 5.95 Å². The van der Waals surface area contributed by atoms with E-state index >= 15 is 0 Å². The Balaban J connectivity index is 1.51. The average molecular weight is 368 g/mol. The molecule has 0 saturated heterocycles. The van der Waals surface area contributed by atoms with E-state index in [9.17, 15) is 4.79 Å². The molecule has 1 aromatic carbocycles. The molecule has 3 aromatic rings. The summed E-state index contributed by atoms with van der Waals surface area (Å²) in [6, 6.07) is 13.0. The third-order valence-electron chi connectivity index (χ3n) is 3.70. The van der Waals surface area contributed by atoms with Crippen LogP contribution in [-0.4, -0.2) is 27.4 Å². The summed E-state index contributed by atoms with van der Waals surface area (Å²) in [5, 5.41) is 6.67. The van der Waals surface area contributed by atoms with Gasteiger partial charge in [0.25, 0.3) is 5.91 Å². The van der Waals surface area contributed by atoms with Gasteiger partial charge in [-0.25, -0.2) is 9.97 Å². The summed E-state index contributed by atoms with van der Waals surface area (Å²) >= 11 is 5.86. The number of pyridine rings is 1. The number of nitrogens with one attached hydrogen (secondary N) is 2. The van der Waals surface area contributed by atoms with Crippen LogP contribution >= 0.6 is 11.6 Å². The predicted octanol–water partition coefficient (Wildman–Crippen LogP) is 3.11. The maximum atomic E-state index is 12.3. The Morgan fingerprint density at radius 1 is 0.962 bits per heavy atom. The number of nitrogens with zero attached hydrogens (tertiary/aromatic N) is 3. The number of aromatic nitrogens is 3. The van der Waals surface area contributed by atoms with E-state index in [0.717, 1.165) is 17.5 Å². The minimum Gasteiger partial charge on any atom is -0.350 e. The van der Waals surface area contributed by atoms with Crippen molar-refractivity contribution in [3.63, 3.8) is 0 Å². The molecule has 3 rings (SSSR count). The van der Waals surface area contributed by atoms with Crippen molar-refractivity contribution in [2.24, 2.45) is 0 Å². The van der Waals surface area contributed by atoms with Gasteiger partial charge >= 0.3 is 0 Å². The maximum Gasteiger partial charge on any atom is 0.270 e. The van der Waals surface area contributed by atoms with E-state index in [1.165, 1.54) is 0 Å². The predicted molar refractivity (Wildman–Crippen MR) is 101 cm³/mol. The highest BCUT2D eigenvalue weighted by molar-refractivity contribution is 6.30. The van der Waals surface area contributed by atoms with Gasteiger partial charge in [-0.1, -0.05) is 23.7 Å². The van der Waals surface area contributed by atoms with Crippen molar-refractivity contribution in [1.29, 1.82) is 0 Å². The SMILES string of the molecule is O=C(NCCc1ccc(Cl)cc1)c1ccnc(NCc2ccncc2)n1. The number of carbonyl (C=O) groups is 1. The summed E-state index contributed by atoms with van der Waals surface area (Å²) in [5.41, 5.74) is 2.49. The molecule has 0 aliphatic carbocycles. The Morgan fingerprint density at radius 3 is 2.50 bits per heavy atom. The normalized spacial score (nSPS) is 10.3. The molecule has 6 nitrogen and oxygen atoms in total. The lowest BCUT2D eigenvalue weighted by atomic mass is 10.1. The Labute approximate surface area is 156 Å². The molecular weight excluding hydrogens is 350 g/mol. The van der Waals surface area contributed by atoms with Crippen LogP contribution in [0, 0.1) is 0 Å². The summed E-state index contributed by atoms with van der Waals surface area (Å²) < 4.78 is 0. The van der Waals surface area contributed by atoms with Crippen molar-refractivity contribution < 1.29 is 4.79 Å². The molecule has 0 bridgehead atoms. The van der Waals surface area contributed by atoms with Gasteiger partial charge in [0.05, 0.1) is 0 Å². The fourth-order valence-electron chi connectivity index (χ4n) is 2.31. The molecule has 1 amide bonds. The average Bonchev–Trinajstić information content (AvgIpc) is 2.69. The second-order valence-corrected chi connectivity index (χ2v) is 6.04. The highest BCUT2D eigenvalue weighted by Gasteiger charge is 2.08. The van der Waals surface area contributed by atoms with Crippen LogP contribution in [0.1, 0.15) is 21.6 Å². The van der Waals surface area contributed by atoms with Gasteiger partial charge in [-0.3, -0.25) is 9.78 Å². The summed E-state index contributed by atoms with van der Waals surface area (Å²) in [6.45, 7) is 1.08. The highest BCUT2D eigenvalue weighted by atomic mass is 35.5. The van der Waals surface area contributed by atoms with Crippen LogP contribution in [0.3, 0.4) is 0 Å². The van der Waals surface area contributed by atoms with E-state index in [0.29, 0.717) is 29.8 Å². The monoisotopic (exact) mass is 367 g/mol. The van der Waals surface area contributed by atoms with Gasteiger partial charge in [-0.15, -0.1) is 0 Å². The molecule has 0 aliphatic heterocycles. The smallest absolute Gasteiger partial charge is 0.270 e. The first-order valence-electron chi connectivity index (χ1n) is 8.19. The number of hydrogen-bond donors (Lipinski definition) is 2. The van der Waals surface area contributed by atoms with Gasteiger partial charge < -0.3 is 10.6 Å². The summed E-state index contributed by atoms with van der Waals surface area (Å²) in [4.78, 5) is 24.6. The van der Waals surface area contributed by atoms with Gasteiger partial charge in [0.15, 0.2) is 0 Å². The van der Waals surface area contributed by atoms with Crippen LogP contribution in [0.15, 0.2) is 61.1 Å². The molecule has 26 heavy (non-hydrogen) atoms. The minimum absolute atomic E-state index is 0.228. The van der Waals surface area contributed by atoms with Crippen molar-refractivity contribution in [2.45, 2.75) is 13.0 Å². The zero-order valence-electron chi connectivity index (χ0n) is 14.0. The van der Waals surface area contributed by atoms with Crippen LogP contribution in [0.2, 0.25) is 5.02 Å². The number of amides is 1. The first-order chi connectivity index (χ1) is 12.7. The highest BCUT2D eigenvalue weighted by Crippen LogP contribution is 2.09. The largest absolute Gasteiger partial charge is 0.350 e. The zero-order valence-corrected chi connectivity index (χ0v) is 14.8. The Morgan fingerprint density at radius 2 is 1.73 bits per heavy atom. The standard InChI is InChI=1S/C19H18ClN5O/c20-16-3-1-14(2-4-16)7-11-22-18(26)17-8-12-23-19(25-17)24-13-15-5-9-21-10-6-15/h1-6,8-10,12H,7,11,13H2,(H,22,26)(H,23,24,25). The number of benzene rings is 1. The van der Waals surface area contributed by atoms with Crippen LogP contribution in [0.25, 0.3) is 0 Å². The Kier molecular flexibility index (Phi) is 6.11. The summed E-state index contributed by atoms with van der Waals surface area (Å²) in [5.74, 6) is 0.181. The lowest BCUT2D eigenvalue weighted by Gasteiger charge is -2.08. The molecule has 0 radical (unpaired) electrons. The fourth-order valence-corrected chi connectivity index (χ4v) is 2.44. The second kappa shape index (κ2) is 8.92. The summed E-state index contributed by atoms with van der Waals surface area (Å²) in [7, 11) is 0. The lowest BCUT2D eigenvalue weighted by molar-refractivity contribution is 0.0949. The first-order valence-corrected chi connectivity index (χ1v) is 8.57. The van der Waals surface area contributed by atoms with E-state index in [4.69, 9.17) is 11.6 Å². The number of anilines is 1.